The second kappa shape index (κ2) is 10.7. The van der Waals surface area contributed by atoms with E-state index < -0.39 is 35.2 Å². The summed E-state index contributed by atoms with van der Waals surface area (Å²) >= 11 is 0. The van der Waals surface area contributed by atoms with Gasteiger partial charge in [-0.1, -0.05) is 0 Å². The van der Waals surface area contributed by atoms with E-state index in [1.54, 1.807) is 0 Å². The predicted octanol–water partition coefficient (Wildman–Crippen LogP) is 3.33. The molecule has 0 saturated carbocycles. The molecule has 0 fully saturated rings. The lowest BCUT2D eigenvalue weighted by molar-refractivity contribution is -0.607. The second-order valence-corrected chi connectivity index (χ2v) is 8.30. The number of anilines is 2. The zero-order chi connectivity index (χ0) is 29.2. The van der Waals surface area contributed by atoms with Crippen LogP contribution in [0, 0.1) is 5.21 Å². The van der Waals surface area contributed by atoms with Crippen LogP contribution in [0.25, 0.3) is 5.69 Å². The van der Waals surface area contributed by atoms with E-state index in [9.17, 15) is 37.9 Å². The third-order valence-corrected chi connectivity index (χ3v) is 5.54. The van der Waals surface area contributed by atoms with E-state index >= 15 is 0 Å². The molecule has 0 saturated heterocycles. The number of hydrogen-bond donors (Lipinski definition) is 4. The van der Waals surface area contributed by atoms with Crippen molar-refractivity contribution >= 4 is 23.3 Å². The second-order valence-electron chi connectivity index (χ2n) is 8.30. The monoisotopic (exact) mass is 558 g/mol. The zero-order valence-corrected chi connectivity index (χ0v) is 20.8. The van der Waals surface area contributed by atoms with Crippen molar-refractivity contribution in [2.24, 2.45) is 7.05 Å². The van der Waals surface area contributed by atoms with Gasteiger partial charge in [0.1, 0.15) is 11.5 Å². The van der Waals surface area contributed by atoms with Crippen LogP contribution in [0.5, 0.6) is 17.4 Å². The van der Waals surface area contributed by atoms with E-state index in [0.29, 0.717) is 10.8 Å². The minimum absolute atomic E-state index is 0.185. The summed E-state index contributed by atoms with van der Waals surface area (Å²) in [4.78, 5) is 36.9. The predicted molar refractivity (Wildman–Crippen MR) is 136 cm³/mol. The smallest absolute Gasteiger partial charge is 0.416 e. The van der Waals surface area contributed by atoms with Gasteiger partial charge in [0.05, 0.1) is 29.2 Å². The fourth-order valence-corrected chi connectivity index (χ4v) is 3.63. The van der Waals surface area contributed by atoms with Gasteiger partial charge in [-0.25, -0.2) is 14.2 Å². The molecule has 2 aromatic carbocycles. The average Bonchev–Trinajstić information content (AvgIpc) is 3.15. The van der Waals surface area contributed by atoms with Crippen LogP contribution in [0.3, 0.4) is 0 Å². The number of hydrogen-bond acceptors (Lipinski definition) is 6. The maximum absolute atomic E-state index is 13.3. The Bertz CT molecular complexity index is 1650. The number of carbonyl (C=O) groups is 2. The number of imidazole rings is 1. The quantitative estimate of drug-likeness (QED) is 0.210. The highest BCUT2D eigenvalue weighted by Crippen LogP contribution is 2.34. The van der Waals surface area contributed by atoms with Crippen LogP contribution >= 0.6 is 0 Å². The SMILES string of the molecule is CNC(=O)c1cc(Oc2ccc(NC(=O)Nc3cc(C(F)(F)F)ccc3-n3c(O)cn(C)c3=O)cc2)cc[n+]1[O-]. The summed E-state index contributed by atoms with van der Waals surface area (Å²) in [5.74, 6) is -0.670. The molecule has 3 amide bonds. The van der Waals surface area contributed by atoms with Gasteiger partial charge in [-0.15, -0.1) is 0 Å². The molecule has 4 N–H and O–H groups in total. The molecule has 15 heteroatoms. The minimum Gasteiger partial charge on any atom is -0.618 e. The first kappa shape index (κ1) is 27.6. The van der Waals surface area contributed by atoms with Gasteiger partial charge in [-0.05, 0) is 42.5 Å². The van der Waals surface area contributed by atoms with Crippen molar-refractivity contribution in [3.8, 4) is 23.1 Å². The van der Waals surface area contributed by atoms with Gasteiger partial charge in [0.15, 0.2) is 6.20 Å². The highest BCUT2D eigenvalue weighted by molar-refractivity contribution is 6.01. The summed E-state index contributed by atoms with van der Waals surface area (Å²) in [6.45, 7) is 0. The molecule has 40 heavy (non-hydrogen) atoms. The van der Waals surface area contributed by atoms with E-state index in [1.807, 2.05) is 0 Å². The molecule has 12 nitrogen and oxygen atoms in total. The number of aromatic nitrogens is 3. The molecule has 0 bridgehead atoms. The van der Waals surface area contributed by atoms with Crippen LogP contribution in [-0.2, 0) is 13.2 Å². The van der Waals surface area contributed by atoms with Crippen LogP contribution in [0.1, 0.15) is 16.1 Å². The van der Waals surface area contributed by atoms with Crippen LogP contribution in [0.4, 0.5) is 29.3 Å². The molecule has 0 radical (unpaired) electrons. The standard InChI is InChI=1S/C25H21F3N6O6/c1-29-22(36)20-12-17(9-10-33(20)39)40-16-6-4-15(5-7-16)30-23(37)31-18-11-14(25(26,27)28)3-8-19(18)34-21(35)13-32(2)24(34)38/h3-13,35H,1-2H3,(H,29,36)(H2,30,31,37). The lowest BCUT2D eigenvalue weighted by Gasteiger charge is -2.16. The minimum atomic E-state index is -4.74. The Morgan fingerprint density at radius 2 is 1.73 bits per heavy atom. The molecule has 0 atom stereocenters. The van der Waals surface area contributed by atoms with Gasteiger partial charge in [-0.3, -0.25) is 9.36 Å². The summed E-state index contributed by atoms with van der Waals surface area (Å²) in [5.41, 5.74) is -2.36. The number of nitrogens with one attached hydrogen (secondary N) is 3. The van der Waals surface area contributed by atoms with Crippen molar-refractivity contribution in [2.75, 3.05) is 17.7 Å². The molecule has 208 valence electrons. The molecule has 4 rings (SSSR count). The summed E-state index contributed by atoms with van der Waals surface area (Å²) in [5, 5.41) is 29.0. The first-order valence-corrected chi connectivity index (χ1v) is 11.4. The maximum Gasteiger partial charge on any atom is 0.416 e. The van der Waals surface area contributed by atoms with E-state index in [2.05, 4.69) is 16.0 Å². The number of rotatable bonds is 6. The first-order chi connectivity index (χ1) is 18.9. The van der Waals surface area contributed by atoms with Gasteiger partial charge in [0.2, 0.25) is 5.88 Å². The fraction of sp³-hybridized carbons (Fsp3) is 0.120. The van der Waals surface area contributed by atoms with E-state index in [4.69, 9.17) is 4.74 Å². The number of benzene rings is 2. The number of pyridine rings is 1. The van der Waals surface area contributed by atoms with Crippen LogP contribution in [-0.4, -0.2) is 33.2 Å². The number of ether oxygens (including phenoxy) is 1. The lowest BCUT2D eigenvalue weighted by Crippen LogP contribution is -2.37. The van der Waals surface area contributed by atoms with Gasteiger partial charge in [-0.2, -0.15) is 17.9 Å². The van der Waals surface area contributed by atoms with Crippen molar-refractivity contribution in [1.29, 1.82) is 0 Å². The number of aromatic hydroxyl groups is 1. The van der Waals surface area contributed by atoms with Gasteiger partial charge >= 0.3 is 23.8 Å². The van der Waals surface area contributed by atoms with E-state index in [1.165, 1.54) is 50.5 Å². The number of amides is 3. The number of aryl methyl sites for hydroxylation is 1. The van der Waals surface area contributed by atoms with Crippen molar-refractivity contribution in [1.82, 2.24) is 14.5 Å². The first-order valence-electron chi connectivity index (χ1n) is 11.4. The lowest BCUT2D eigenvalue weighted by atomic mass is 10.1. The Balaban J connectivity index is 1.53. The third kappa shape index (κ3) is 5.82. The number of carbonyl (C=O) groups excluding carboxylic acids is 2. The topological polar surface area (TPSA) is 154 Å². The molecular weight excluding hydrogens is 537 g/mol. The molecule has 0 aliphatic carbocycles. The normalized spacial score (nSPS) is 11.1. The average molecular weight is 558 g/mol. The molecule has 2 heterocycles. The molecule has 0 aliphatic heterocycles. The molecule has 2 aromatic heterocycles. The van der Waals surface area contributed by atoms with Crippen molar-refractivity contribution in [3.63, 3.8) is 0 Å². The Hall–Kier alpha value is -5.47. The van der Waals surface area contributed by atoms with Gasteiger partial charge < -0.3 is 31.0 Å². The van der Waals surface area contributed by atoms with E-state index in [0.717, 1.165) is 33.7 Å². The maximum atomic E-state index is 13.3. The zero-order valence-electron chi connectivity index (χ0n) is 20.8. The van der Waals surface area contributed by atoms with Crippen LogP contribution in [0.15, 0.2) is 71.8 Å². The summed E-state index contributed by atoms with van der Waals surface area (Å²) in [6.07, 6.45) is -2.56. The van der Waals surface area contributed by atoms with Crippen LogP contribution in [0.2, 0.25) is 0 Å². The Morgan fingerprint density at radius 1 is 1.02 bits per heavy atom. The number of alkyl halides is 3. The molecule has 0 unspecified atom stereocenters. The van der Waals surface area contributed by atoms with Crippen LogP contribution < -0.4 is 31.1 Å². The summed E-state index contributed by atoms with van der Waals surface area (Å²) < 4.78 is 47.8. The van der Waals surface area contributed by atoms with Crippen molar-refractivity contribution in [3.05, 3.63) is 93.9 Å². The van der Waals surface area contributed by atoms with E-state index in [-0.39, 0.29) is 34.3 Å². The molecular formula is C25H21F3N6O6. The van der Waals surface area contributed by atoms with Crippen molar-refractivity contribution in [2.45, 2.75) is 6.18 Å². The number of nitrogens with zero attached hydrogens (tertiary/aromatic N) is 3. The Kier molecular flexibility index (Phi) is 7.39. The highest BCUT2D eigenvalue weighted by atomic mass is 19.4. The fourth-order valence-electron chi connectivity index (χ4n) is 3.63. The third-order valence-electron chi connectivity index (χ3n) is 5.54. The van der Waals surface area contributed by atoms with Crippen molar-refractivity contribution < 1.29 is 37.3 Å². The summed E-state index contributed by atoms with van der Waals surface area (Å²) in [7, 11) is 2.71. The molecule has 4 aromatic rings. The number of urea groups is 1. The molecule has 0 spiro atoms. The van der Waals surface area contributed by atoms with Gasteiger partial charge in [0.25, 0.3) is 5.69 Å². The number of halogens is 3. The Labute approximate surface area is 223 Å². The highest BCUT2D eigenvalue weighted by Gasteiger charge is 2.32. The summed E-state index contributed by atoms with van der Waals surface area (Å²) in [6, 6.07) is 9.78. The molecule has 0 aliphatic rings. The largest absolute Gasteiger partial charge is 0.618 e. The van der Waals surface area contributed by atoms with Gasteiger partial charge in [0, 0.05) is 25.8 Å². The Morgan fingerprint density at radius 3 is 2.33 bits per heavy atom.